The van der Waals surface area contributed by atoms with Gasteiger partial charge < -0.3 is 25.5 Å². The summed E-state index contributed by atoms with van der Waals surface area (Å²) in [6, 6.07) is 5.18. The lowest BCUT2D eigenvalue weighted by Crippen LogP contribution is -2.36. The monoisotopic (exact) mass is 289 g/mol. The van der Waals surface area contributed by atoms with Gasteiger partial charge in [-0.25, -0.2) is 0 Å². The molecule has 112 valence electrons. The number of aliphatic carboxylic acids is 1. The highest BCUT2D eigenvalue weighted by atomic mass is 16.5. The molecule has 0 unspecified atom stereocenters. The molecular weight excluding hydrogens is 270 g/mol. The van der Waals surface area contributed by atoms with Crippen molar-refractivity contribution in [3.05, 3.63) is 30.0 Å². The van der Waals surface area contributed by atoms with Crippen LogP contribution in [0.5, 0.6) is 0 Å². The number of H-pyrrole nitrogens is 1. The van der Waals surface area contributed by atoms with E-state index in [-0.39, 0.29) is 0 Å². The van der Waals surface area contributed by atoms with Gasteiger partial charge in [0.15, 0.2) is 0 Å². The molecule has 2 aromatic rings. The molecule has 1 fully saturated rings. The molecule has 0 amide bonds. The van der Waals surface area contributed by atoms with E-state index in [4.69, 9.17) is 15.6 Å². The zero-order valence-corrected chi connectivity index (χ0v) is 11.7. The number of aromatic nitrogens is 1. The molecule has 1 aliphatic heterocycles. The standard InChI is InChI=1S/C15H19N3O3/c16-11(15(19)20)8-10-9-17-12-2-1-3-13(14(10)12)18-4-6-21-7-5-18/h1-3,9,11,17H,4-8,16H2,(H,19,20)/t11-/m0/s1. The van der Waals surface area contributed by atoms with Gasteiger partial charge >= 0.3 is 5.97 Å². The maximum Gasteiger partial charge on any atom is 0.320 e. The Kier molecular flexibility index (Phi) is 3.81. The van der Waals surface area contributed by atoms with Crippen LogP contribution in [0, 0.1) is 0 Å². The van der Waals surface area contributed by atoms with Crippen molar-refractivity contribution in [1.82, 2.24) is 4.98 Å². The number of morpholine rings is 1. The molecule has 0 radical (unpaired) electrons. The van der Waals surface area contributed by atoms with Crippen molar-refractivity contribution in [1.29, 1.82) is 0 Å². The summed E-state index contributed by atoms with van der Waals surface area (Å²) in [4.78, 5) is 16.5. The van der Waals surface area contributed by atoms with E-state index in [0.29, 0.717) is 19.6 Å². The fourth-order valence-electron chi connectivity index (χ4n) is 2.79. The minimum absolute atomic E-state index is 0.316. The first-order valence-corrected chi connectivity index (χ1v) is 7.07. The van der Waals surface area contributed by atoms with Crippen molar-refractivity contribution in [3.63, 3.8) is 0 Å². The van der Waals surface area contributed by atoms with Gasteiger partial charge in [0.25, 0.3) is 0 Å². The summed E-state index contributed by atoms with van der Waals surface area (Å²) < 4.78 is 5.39. The summed E-state index contributed by atoms with van der Waals surface area (Å²) in [6.45, 7) is 3.11. The second-order valence-electron chi connectivity index (χ2n) is 5.26. The molecule has 6 nitrogen and oxygen atoms in total. The zero-order valence-electron chi connectivity index (χ0n) is 11.7. The summed E-state index contributed by atoms with van der Waals surface area (Å²) in [5, 5.41) is 10.1. The van der Waals surface area contributed by atoms with E-state index in [1.807, 2.05) is 18.3 Å². The first kappa shape index (κ1) is 13.9. The summed E-state index contributed by atoms with van der Waals surface area (Å²) in [5.74, 6) is -0.979. The van der Waals surface area contributed by atoms with Gasteiger partial charge in [0.05, 0.1) is 13.2 Å². The number of aromatic amines is 1. The van der Waals surface area contributed by atoms with E-state index in [0.717, 1.165) is 35.2 Å². The van der Waals surface area contributed by atoms with Crippen LogP contribution < -0.4 is 10.6 Å². The number of hydrogen-bond donors (Lipinski definition) is 3. The van der Waals surface area contributed by atoms with E-state index in [2.05, 4.69) is 16.0 Å². The van der Waals surface area contributed by atoms with Crippen LogP contribution in [0.3, 0.4) is 0 Å². The van der Waals surface area contributed by atoms with Crippen molar-refractivity contribution < 1.29 is 14.6 Å². The second-order valence-corrected chi connectivity index (χ2v) is 5.26. The van der Waals surface area contributed by atoms with Gasteiger partial charge in [0.1, 0.15) is 6.04 Å². The molecule has 2 heterocycles. The lowest BCUT2D eigenvalue weighted by Gasteiger charge is -2.29. The Morgan fingerprint density at radius 3 is 2.90 bits per heavy atom. The van der Waals surface area contributed by atoms with Crippen LogP contribution in [0.4, 0.5) is 5.69 Å². The highest BCUT2D eigenvalue weighted by Crippen LogP contribution is 2.31. The lowest BCUT2D eigenvalue weighted by atomic mass is 10.0. The van der Waals surface area contributed by atoms with Crippen molar-refractivity contribution in [2.24, 2.45) is 5.73 Å². The maximum absolute atomic E-state index is 11.0. The Morgan fingerprint density at radius 2 is 2.19 bits per heavy atom. The topological polar surface area (TPSA) is 91.6 Å². The van der Waals surface area contributed by atoms with Gasteiger partial charge in [-0.15, -0.1) is 0 Å². The molecular formula is C15H19N3O3. The van der Waals surface area contributed by atoms with Gasteiger partial charge in [-0.2, -0.15) is 0 Å². The molecule has 1 saturated heterocycles. The van der Waals surface area contributed by atoms with Gasteiger partial charge in [-0.05, 0) is 17.7 Å². The van der Waals surface area contributed by atoms with Gasteiger partial charge in [0.2, 0.25) is 0 Å². The summed E-state index contributed by atoms with van der Waals surface area (Å²) in [6.07, 6.45) is 2.17. The highest BCUT2D eigenvalue weighted by Gasteiger charge is 2.19. The van der Waals surface area contributed by atoms with Crippen LogP contribution in [-0.4, -0.2) is 48.4 Å². The normalized spacial score (nSPS) is 17.1. The van der Waals surface area contributed by atoms with Crippen molar-refractivity contribution in [2.75, 3.05) is 31.2 Å². The SMILES string of the molecule is N[C@@H](Cc1c[nH]c2cccc(N3CCOCC3)c12)C(=O)O. The number of anilines is 1. The number of ether oxygens (including phenoxy) is 1. The molecule has 4 N–H and O–H groups in total. The molecule has 6 heteroatoms. The fourth-order valence-corrected chi connectivity index (χ4v) is 2.79. The number of carboxylic acid groups (broad SMARTS) is 1. The Bertz CT molecular complexity index is 647. The van der Waals surface area contributed by atoms with Crippen molar-refractivity contribution in [2.45, 2.75) is 12.5 Å². The van der Waals surface area contributed by atoms with Crippen LogP contribution >= 0.6 is 0 Å². The number of carboxylic acids is 1. The Hall–Kier alpha value is -2.05. The largest absolute Gasteiger partial charge is 0.480 e. The third-order valence-electron chi connectivity index (χ3n) is 3.87. The van der Waals surface area contributed by atoms with E-state index >= 15 is 0 Å². The molecule has 0 spiro atoms. The van der Waals surface area contributed by atoms with E-state index < -0.39 is 12.0 Å². The third kappa shape index (κ3) is 2.72. The zero-order chi connectivity index (χ0) is 14.8. The number of fused-ring (bicyclic) bond motifs is 1. The molecule has 3 rings (SSSR count). The summed E-state index contributed by atoms with van der Waals surface area (Å²) >= 11 is 0. The Labute approximate surface area is 122 Å². The third-order valence-corrected chi connectivity index (χ3v) is 3.87. The minimum atomic E-state index is -0.979. The Morgan fingerprint density at radius 1 is 1.43 bits per heavy atom. The summed E-state index contributed by atoms with van der Waals surface area (Å²) in [5.41, 5.74) is 8.75. The van der Waals surface area contributed by atoms with Crippen LogP contribution in [0.2, 0.25) is 0 Å². The fraction of sp³-hybridized carbons (Fsp3) is 0.400. The number of carbonyl (C=O) groups is 1. The average Bonchev–Trinajstić information content (AvgIpc) is 2.91. The van der Waals surface area contributed by atoms with Crippen molar-refractivity contribution >= 4 is 22.6 Å². The van der Waals surface area contributed by atoms with E-state index in [1.165, 1.54) is 0 Å². The molecule has 0 bridgehead atoms. The van der Waals surface area contributed by atoms with Gasteiger partial charge in [-0.1, -0.05) is 6.07 Å². The summed E-state index contributed by atoms with van der Waals surface area (Å²) in [7, 11) is 0. The number of hydrogen-bond acceptors (Lipinski definition) is 4. The van der Waals surface area contributed by atoms with Gasteiger partial charge in [0, 0.05) is 42.3 Å². The first-order chi connectivity index (χ1) is 10.2. The predicted octanol–water partition coefficient (Wildman–Crippen LogP) is 0.959. The maximum atomic E-state index is 11.0. The van der Waals surface area contributed by atoms with E-state index in [1.54, 1.807) is 0 Å². The molecule has 1 aromatic heterocycles. The van der Waals surface area contributed by atoms with Crippen LogP contribution in [-0.2, 0) is 16.0 Å². The molecule has 21 heavy (non-hydrogen) atoms. The smallest absolute Gasteiger partial charge is 0.320 e. The molecule has 0 aliphatic carbocycles. The molecule has 1 atom stereocenters. The predicted molar refractivity (Wildman–Crippen MR) is 80.6 cm³/mol. The second kappa shape index (κ2) is 5.75. The lowest BCUT2D eigenvalue weighted by molar-refractivity contribution is -0.138. The molecule has 0 saturated carbocycles. The van der Waals surface area contributed by atoms with Crippen molar-refractivity contribution in [3.8, 4) is 0 Å². The quantitative estimate of drug-likeness (QED) is 0.779. The van der Waals surface area contributed by atoms with Crippen LogP contribution in [0.1, 0.15) is 5.56 Å². The number of nitrogens with zero attached hydrogens (tertiary/aromatic N) is 1. The number of nitrogens with two attached hydrogens (primary N) is 1. The molecule has 1 aromatic carbocycles. The van der Waals surface area contributed by atoms with Crippen LogP contribution in [0.15, 0.2) is 24.4 Å². The molecule has 1 aliphatic rings. The highest BCUT2D eigenvalue weighted by molar-refractivity contribution is 5.96. The van der Waals surface area contributed by atoms with Gasteiger partial charge in [-0.3, -0.25) is 4.79 Å². The first-order valence-electron chi connectivity index (χ1n) is 7.07. The Balaban J connectivity index is 1.99. The number of rotatable bonds is 4. The number of benzene rings is 1. The van der Waals surface area contributed by atoms with Crippen LogP contribution in [0.25, 0.3) is 10.9 Å². The number of nitrogens with one attached hydrogen (secondary N) is 1. The minimum Gasteiger partial charge on any atom is -0.480 e. The van der Waals surface area contributed by atoms with E-state index in [9.17, 15) is 4.79 Å². The average molecular weight is 289 g/mol.